The largest absolute Gasteiger partial charge is 0.391 e. The Balaban J connectivity index is 2.17. The third kappa shape index (κ3) is 1.67. The minimum atomic E-state index is -0.628. The molecular formula is C9H8IN5O2. The normalized spacial score (nSPS) is 20.5. The predicted octanol–water partition coefficient (Wildman–Crippen LogP) is 0.0551. The van der Waals surface area contributed by atoms with E-state index in [0.717, 1.165) is 9.09 Å². The van der Waals surface area contributed by atoms with Gasteiger partial charge in [0.1, 0.15) is 10.0 Å². The summed E-state index contributed by atoms with van der Waals surface area (Å²) in [5.41, 5.74) is 0.522. The molecule has 88 valence electrons. The van der Waals surface area contributed by atoms with E-state index in [2.05, 4.69) is 42.8 Å². The SMILES string of the molecule is O=C1CC(O)CN1c1ncnc2n[nH]c(I)c12. The van der Waals surface area contributed by atoms with Gasteiger partial charge in [-0.15, -0.1) is 0 Å². The first-order chi connectivity index (χ1) is 8.16. The van der Waals surface area contributed by atoms with Crippen LogP contribution in [0.4, 0.5) is 5.82 Å². The summed E-state index contributed by atoms with van der Waals surface area (Å²) < 4.78 is 0.780. The van der Waals surface area contributed by atoms with E-state index >= 15 is 0 Å². The van der Waals surface area contributed by atoms with E-state index in [4.69, 9.17) is 0 Å². The number of hydrogen-bond acceptors (Lipinski definition) is 5. The van der Waals surface area contributed by atoms with E-state index in [-0.39, 0.29) is 18.9 Å². The van der Waals surface area contributed by atoms with Crippen molar-refractivity contribution < 1.29 is 9.90 Å². The highest BCUT2D eigenvalue weighted by atomic mass is 127. The Bertz CT molecular complexity index is 598. The first-order valence-corrected chi connectivity index (χ1v) is 6.07. The zero-order chi connectivity index (χ0) is 12.0. The second-order valence-electron chi connectivity index (χ2n) is 3.80. The van der Waals surface area contributed by atoms with Crippen LogP contribution >= 0.6 is 22.6 Å². The Morgan fingerprint density at radius 2 is 2.35 bits per heavy atom. The fourth-order valence-corrected chi connectivity index (χ4v) is 2.51. The maximum Gasteiger partial charge on any atom is 0.230 e. The van der Waals surface area contributed by atoms with Gasteiger partial charge in [-0.05, 0) is 22.6 Å². The van der Waals surface area contributed by atoms with E-state index < -0.39 is 6.10 Å². The number of carbonyl (C=O) groups is 1. The first kappa shape index (κ1) is 10.8. The fraction of sp³-hybridized carbons (Fsp3) is 0.333. The Hall–Kier alpha value is -1.29. The molecule has 1 aliphatic rings. The summed E-state index contributed by atoms with van der Waals surface area (Å²) in [4.78, 5) is 21.4. The van der Waals surface area contributed by atoms with E-state index in [0.29, 0.717) is 11.5 Å². The van der Waals surface area contributed by atoms with Crippen LogP contribution in [-0.2, 0) is 4.79 Å². The molecular weight excluding hydrogens is 337 g/mol. The van der Waals surface area contributed by atoms with E-state index in [1.165, 1.54) is 11.2 Å². The van der Waals surface area contributed by atoms with Gasteiger partial charge in [-0.2, -0.15) is 5.10 Å². The molecule has 7 nitrogen and oxygen atoms in total. The third-order valence-electron chi connectivity index (χ3n) is 2.65. The number of nitrogens with zero attached hydrogens (tertiary/aromatic N) is 4. The summed E-state index contributed by atoms with van der Waals surface area (Å²) in [5, 5.41) is 17.0. The van der Waals surface area contributed by atoms with Gasteiger partial charge in [-0.25, -0.2) is 9.97 Å². The van der Waals surface area contributed by atoms with Crippen LogP contribution < -0.4 is 4.90 Å². The molecule has 1 amide bonds. The highest BCUT2D eigenvalue weighted by Gasteiger charge is 2.31. The number of amides is 1. The highest BCUT2D eigenvalue weighted by molar-refractivity contribution is 14.1. The second kappa shape index (κ2) is 3.88. The Kier molecular flexibility index (Phi) is 2.47. The zero-order valence-corrected chi connectivity index (χ0v) is 10.7. The second-order valence-corrected chi connectivity index (χ2v) is 4.87. The Morgan fingerprint density at radius 3 is 3.06 bits per heavy atom. The molecule has 1 unspecified atom stereocenters. The van der Waals surface area contributed by atoms with Gasteiger partial charge in [0.15, 0.2) is 11.5 Å². The standard InChI is InChI=1S/C9H8IN5O2/c10-7-6-8(14-13-7)11-3-12-9(6)15-2-4(16)1-5(15)17/h3-4,16H,1-2H2,(H,11,12,13,14). The van der Waals surface area contributed by atoms with Crippen molar-refractivity contribution in [1.82, 2.24) is 20.2 Å². The van der Waals surface area contributed by atoms with Crippen molar-refractivity contribution in [3.8, 4) is 0 Å². The number of nitrogens with one attached hydrogen (secondary N) is 1. The van der Waals surface area contributed by atoms with Crippen LogP contribution in [0.2, 0.25) is 0 Å². The van der Waals surface area contributed by atoms with Crippen molar-refractivity contribution in [2.45, 2.75) is 12.5 Å². The number of H-pyrrole nitrogens is 1. The molecule has 1 aliphatic heterocycles. The van der Waals surface area contributed by atoms with Gasteiger partial charge in [-0.3, -0.25) is 14.8 Å². The van der Waals surface area contributed by atoms with Crippen molar-refractivity contribution in [1.29, 1.82) is 0 Å². The highest BCUT2D eigenvalue weighted by Crippen LogP contribution is 2.28. The third-order valence-corrected chi connectivity index (χ3v) is 3.43. The number of anilines is 1. The van der Waals surface area contributed by atoms with Gasteiger partial charge in [0, 0.05) is 0 Å². The van der Waals surface area contributed by atoms with Gasteiger partial charge in [0.25, 0.3) is 0 Å². The minimum absolute atomic E-state index is 0.130. The number of hydrogen-bond donors (Lipinski definition) is 2. The van der Waals surface area contributed by atoms with Gasteiger partial charge >= 0.3 is 0 Å². The molecule has 3 rings (SSSR count). The molecule has 8 heteroatoms. The summed E-state index contributed by atoms with van der Waals surface area (Å²) in [5.74, 6) is 0.379. The van der Waals surface area contributed by atoms with Crippen molar-refractivity contribution in [3.63, 3.8) is 0 Å². The van der Waals surface area contributed by atoms with Crippen LogP contribution in [0.15, 0.2) is 6.33 Å². The molecule has 0 radical (unpaired) electrons. The number of rotatable bonds is 1. The Morgan fingerprint density at radius 1 is 1.53 bits per heavy atom. The number of β-amino-alcohol motifs (C(OH)–C–C–N with tert-alkyl or cyclic N) is 1. The lowest BCUT2D eigenvalue weighted by molar-refractivity contribution is -0.117. The number of aliphatic hydroxyl groups is 1. The van der Waals surface area contributed by atoms with Crippen LogP contribution in [0, 0.1) is 3.70 Å². The van der Waals surface area contributed by atoms with Crippen LogP contribution in [0.3, 0.4) is 0 Å². The van der Waals surface area contributed by atoms with Gasteiger partial charge in [0.05, 0.1) is 24.5 Å². The van der Waals surface area contributed by atoms with Crippen molar-refractivity contribution in [2.75, 3.05) is 11.4 Å². The molecule has 1 saturated heterocycles. The molecule has 0 spiro atoms. The van der Waals surface area contributed by atoms with E-state index in [1.807, 2.05) is 0 Å². The number of aliphatic hydroxyl groups excluding tert-OH is 1. The van der Waals surface area contributed by atoms with Crippen molar-refractivity contribution in [3.05, 3.63) is 10.0 Å². The lowest BCUT2D eigenvalue weighted by atomic mass is 10.3. The van der Waals surface area contributed by atoms with Crippen LogP contribution in [0.1, 0.15) is 6.42 Å². The molecule has 0 aliphatic carbocycles. The molecule has 2 aromatic heterocycles. The van der Waals surface area contributed by atoms with Crippen molar-refractivity contribution in [2.24, 2.45) is 0 Å². The average molecular weight is 345 g/mol. The van der Waals surface area contributed by atoms with Crippen LogP contribution in [0.5, 0.6) is 0 Å². The smallest absolute Gasteiger partial charge is 0.230 e. The number of carbonyl (C=O) groups excluding carboxylic acids is 1. The maximum absolute atomic E-state index is 11.7. The molecule has 2 aromatic rings. The fourth-order valence-electron chi connectivity index (χ4n) is 1.90. The van der Waals surface area contributed by atoms with Crippen molar-refractivity contribution >= 4 is 45.3 Å². The van der Waals surface area contributed by atoms with Gasteiger partial charge in [-0.1, -0.05) is 0 Å². The molecule has 0 aromatic carbocycles. The minimum Gasteiger partial charge on any atom is -0.391 e. The molecule has 3 heterocycles. The summed E-state index contributed by atoms with van der Waals surface area (Å²) in [6, 6.07) is 0. The zero-order valence-electron chi connectivity index (χ0n) is 8.59. The summed E-state index contributed by atoms with van der Waals surface area (Å²) in [6.45, 7) is 0.270. The van der Waals surface area contributed by atoms with Crippen LogP contribution in [-0.4, -0.2) is 43.8 Å². The summed E-state index contributed by atoms with van der Waals surface area (Å²) in [7, 11) is 0. The van der Waals surface area contributed by atoms with Gasteiger partial charge in [0.2, 0.25) is 5.91 Å². The first-order valence-electron chi connectivity index (χ1n) is 5.00. The average Bonchev–Trinajstić information content (AvgIpc) is 2.83. The number of halogens is 1. The molecule has 17 heavy (non-hydrogen) atoms. The molecule has 0 bridgehead atoms. The summed E-state index contributed by atoms with van der Waals surface area (Å²) in [6.07, 6.45) is 0.879. The maximum atomic E-state index is 11.7. The summed E-state index contributed by atoms with van der Waals surface area (Å²) >= 11 is 2.08. The lowest BCUT2D eigenvalue weighted by Crippen LogP contribution is -2.26. The van der Waals surface area contributed by atoms with E-state index in [1.54, 1.807) is 0 Å². The predicted molar refractivity (Wildman–Crippen MR) is 67.4 cm³/mol. The van der Waals surface area contributed by atoms with Gasteiger partial charge < -0.3 is 5.11 Å². The molecule has 1 fully saturated rings. The number of aromatic amines is 1. The van der Waals surface area contributed by atoms with E-state index in [9.17, 15) is 9.90 Å². The topological polar surface area (TPSA) is 95.0 Å². The number of fused-ring (bicyclic) bond motifs is 1. The molecule has 2 N–H and O–H groups in total. The number of aromatic nitrogens is 4. The molecule has 1 atom stereocenters. The van der Waals surface area contributed by atoms with Crippen LogP contribution in [0.25, 0.3) is 11.0 Å². The quantitative estimate of drug-likeness (QED) is 0.713. The molecule has 0 saturated carbocycles. The Labute approximate surface area is 109 Å². The lowest BCUT2D eigenvalue weighted by Gasteiger charge is -2.14. The monoisotopic (exact) mass is 345 g/mol.